The van der Waals surface area contributed by atoms with Crippen molar-refractivity contribution in [2.24, 2.45) is 54.4 Å². The topological polar surface area (TPSA) is 329 Å². The minimum atomic E-state index is -0.771. The summed E-state index contributed by atoms with van der Waals surface area (Å²) in [5.74, 6) is -1.38. The van der Waals surface area contributed by atoms with E-state index in [2.05, 4.69) is 42.8 Å². The van der Waals surface area contributed by atoms with Crippen molar-refractivity contribution in [1.29, 1.82) is 0 Å². The molecule has 1 heterocycles. The average Bonchev–Trinajstić information content (AvgIpc) is 3.69. The molecule has 0 aliphatic carbocycles. The number of carbonyl (C=O) groups is 4. The van der Waals surface area contributed by atoms with Gasteiger partial charge in [0.1, 0.15) is 47.2 Å². The molecule has 1 aromatic heterocycles. The second-order valence-electron chi connectivity index (χ2n) is 13.3. The fourth-order valence-corrected chi connectivity index (χ4v) is 5.93. The number of allylic oxidation sites excluding steroid dienone is 2. The first kappa shape index (κ1) is 53.1. The Kier molecular flexibility index (Phi) is 22.7. The first-order valence-electron chi connectivity index (χ1n) is 20.2. The normalized spacial score (nSPS) is 12.1. The van der Waals surface area contributed by atoms with Gasteiger partial charge in [-0.05, 0) is 83.9 Å². The number of amides is 3. The monoisotopic (exact) mass is 895 g/mol. The molecule has 0 fully saturated rings. The summed E-state index contributed by atoms with van der Waals surface area (Å²) in [7, 11) is 2.94. The van der Waals surface area contributed by atoms with Crippen LogP contribution in [0.3, 0.4) is 0 Å². The summed E-state index contributed by atoms with van der Waals surface area (Å²) in [6.45, 7) is 11.6. The van der Waals surface area contributed by atoms with Gasteiger partial charge < -0.3 is 54.1 Å². The van der Waals surface area contributed by atoms with Crippen LogP contribution in [-0.2, 0) is 11.3 Å². The summed E-state index contributed by atoms with van der Waals surface area (Å²) in [5.41, 5.74) is 36.0. The fourth-order valence-electron chi connectivity index (χ4n) is 5.93. The van der Waals surface area contributed by atoms with Gasteiger partial charge in [-0.1, -0.05) is 18.2 Å². The number of hydrogen-bond acceptors (Lipinski definition) is 16. The first-order chi connectivity index (χ1) is 31.3. The number of carbonyl (C=O) groups excluding carboxylic acids is 4. The summed E-state index contributed by atoms with van der Waals surface area (Å²) < 4.78 is 13.4. The van der Waals surface area contributed by atoms with Gasteiger partial charge in [-0.15, -0.1) is 0 Å². The van der Waals surface area contributed by atoms with Crippen molar-refractivity contribution in [1.82, 2.24) is 15.1 Å². The van der Waals surface area contributed by atoms with Crippen LogP contribution in [0, 0.1) is 6.92 Å². The smallest absolute Gasteiger partial charge is 0.277 e. The molecule has 65 heavy (non-hydrogen) atoms. The second kappa shape index (κ2) is 27.8. The van der Waals surface area contributed by atoms with E-state index in [4.69, 9.17) is 38.1 Å². The molecule has 0 spiro atoms. The number of ether oxygens (including phenoxy) is 2. The lowest BCUT2D eigenvalue weighted by Crippen LogP contribution is -2.41. The highest BCUT2D eigenvalue weighted by atomic mass is 16.5. The third-order valence-corrected chi connectivity index (χ3v) is 8.69. The van der Waals surface area contributed by atoms with Crippen LogP contribution in [0.4, 0.5) is 22.7 Å². The van der Waals surface area contributed by atoms with Gasteiger partial charge in [0, 0.05) is 55.4 Å². The van der Waals surface area contributed by atoms with Gasteiger partial charge >= 0.3 is 0 Å². The number of aryl methyl sites for hydroxylation is 2. The summed E-state index contributed by atoms with van der Waals surface area (Å²) >= 11 is 0. The zero-order valence-electron chi connectivity index (χ0n) is 37.7. The van der Waals surface area contributed by atoms with Gasteiger partial charge in [-0.25, -0.2) is 4.99 Å². The van der Waals surface area contributed by atoms with Gasteiger partial charge in [0.25, 0.3) is 11.8 Å². The molecule has 3 aromatic rings. The number of nitrogens with two attached hydrogens (primary N) is 6. The molecule has 0 aliphatic rings. The molecule has 21 nitrogen and oxygen atoms in total. The number of primary amides is 1. The number of nitrogens with one attached hydrogen (secondary N) is 1. The van der Waals surface area contributed by atoms with Crippen molar-refractivity contribution in [3.8, 4) is 11.5 Å². The molecular weight excluding hydrogens is 835 g/mol. The van der Waals surface area contributed by atoms with Crippen LogP contribution >= 0.6 is 0 Å². The Morgan fingerprint density at radius 2 is 1.68 bits per heavy atom. The highest BCUT2D eigenvalue weighted by Crippen LogP contribution is 2.41. The molecule has 0 unspecified atom stereocenters. The summed E-state index contributed by atoms with van der Waals surface area (Å²) in [6, 6.07) is 7.55. The number of benzene rings is 2. The number of aliphatic imine (C=N–C) groups is 4. The molecule has 3 amide bonds. The van der Waals surface area contributed by atoms with E-state index >= 15 is 0 Å². The van der Waals surface area contributed by atoms with Crippen LogP contribution in [0.1, 0.15) is 57.7 Å². The number of methoxy groups -OCH3 is 1. The van der Waals surface area contributed by atoms with Crippen LogP contribution in [0.2, 0.25) is 0 Å². The van der Waals surface area contributed by atoms with Gasteiger partial charge in [0.2, 0.25) is 5.91 Å². The second-order valence-corrected chi connectivity index (χ2v) is 13.3. The van der Waals surface area contributed by atoms with E-state index < -0.39 is 17.7 Å². The van der Waals surface area contributed by atoms with Gasteiger partial charge in [-0.3, -0.25) is 43.7 Å². The lowest BCUT2D eigenvalue weighted by atomic mass is 10.1. The Bertz CT molecular complexity index is 2340. The van der Waals surface area contributed by atoms with E-state index in [0.717, 1.165) is 6.34 Å². The van der Waals surface area contributed by atoms with Crippen molar-refractivity contribution in [2.45, 2.75) is 34.2 Å². The maximum Gasteiger partial charge on any atom is 0.277 e. The summed E-state index contributed by atoms with van der Waals surface area (Å²) in [6.07, 6.45) is 12.7. The Morgan fingerprint density at radius 1 is 0.954 bits per heavy atom. The van der Waals surface area contributed by atoms with E-state index in [1.54, 1.807) is 60.7 Å². The molecule has 0 aliphatic heterocycles. The summed E-state index contributed by atoms with van der Waals surface area (Å²) in [5, 5.41) is 7.35. The Labute approximate surface area is 379 Å². The zero-order valence-corrected chi connectivity index (χ0v) is 37.7. The molecule has 0 bridgehead atoms. The van der Waals surface area contributed by atoms with Gasteiger partial charge in [0.05, 0.1) is 49.4 Å². The number of anilines is 2. The highest BCUT2D eigenvalue weighted by molar-refractivity contribution is 6.43. The van der Waals surface area contributed by atoms with E-state index in [-0.39, 0.29) is 72.8 Å². The van der Waals surface area contributed by atoms with Crippen molar-refractivity contribution < 1.29 is 28.7 Å². The molecule has 21 heteroatoms. The maximum atomic E-state index is 14.7. The average molecular weight is 896 g/mol. The molecule has 13 N–H and O–H groups in total. The molecule has 0 radical (unpaired) electrons. The molecule has 0 saturated carbocycles. The highest BCUT2D eigenvalue weighted by Gasteiger charge is 2.28. The van der Waals surface area contributed by atoms with Crippen molar-refractivity contribution in [3.63, 3.8) is 0 Å². The molecular formula is C44H61N15O6. The van der Waals surface area contributed by atoms with Gasteiger partial charge in [-0.2, -0.15) is 5.10 Å². The maximum absolute atomic E-state index is 14.7. The SMILES string of the molecule is C=Nc1cc(C=O)cc(OC)c1N(C/C=C/CN(C(=O)c1cc(C)nn1CC)c1c(N=CN)cc(C(N)=O)cc1OC/C=C/CN=C/C(N)=C\N)CNC(=O)C(/C=C(/C)N)=NCC.CN. The molecule has 2 aromatic carbocycles. The van der Waals surface area contributed by atoms with E-state index in [1.807, 2.05) is 6.92 Å². The Hall–Kier alpha value is -8.07. The fraction of sp³-hybridized carbons (Fsp3) is 0.295. The number of hydrogen-bond donors (Lipinski definition) is 7. The van der Waals surface area contributed by atoms with Crippen molar-refractivity contribution in [3.05, 3.63) is 101 Å². The predicted octanol–water partition coefficient (Wildman–Crippen LogP) is 2.53. The van der Waals surface area contributed by atoms with Crippen LogP contribution in [0.25, 0.3) is 0 Å². The van der Waals surface area contributed by atoms with Crippen LogP contribution in [0.15, 0.2) is 98.3 Å². The zero-order chi connectivity index (χ0) is 48.5. The minimum Gasteiger partial charge on any atom is -0.494 e. The quantitative estimate of drug-likeness (QED) is 0.0224. The Balaban J connectivity index is 0.00000715. The number of nitrogens with zero attached hydrogens (tertiary/aromatic N) is 8. The predicted molar refractivity (Wildman–Crippen MR) is 259 cm³/mol. The molecule has 3 rings (SSSR count). The van der Waals surface area contributed by atoms with E-state index in [0.29, 0.717) is 53.4 Å². The standard InChI is InChI=1S/C43H56N14O6.CH5N/c1-7-51-35(17-28(3)46)42(60)53-27-55(39-33(49-5)19-30(25-58)20-37(39)62-6)14-10-11-15-56(43(61)36-18-29(4)54-57(36)8-2)40-34(52-26-45)21-31(41(48)59)22-38(40)63-16-12-9-13-50-24-32(47)23-44;1-2/h9-12,17-26H,5,7-8,13-16,27,44,46-47H2,1-4,6H3,(H2,45,52)(H2,48,59)(H,53,60);2H2,1H3/b11-10+,12-9+,28-17-,32-23+,50-24?,51-35?;. The third kappa shape index (κ3) is 15.7. The van der Waals surface area contributed by atoms with Crippen LogP contribution < -0.4 is 59.0 Å². The van der Waals surface area contributed by atoms with E-state index in [9.17, 15) is 19.2 Å². The third-order valence-electron chi connectivity index (χ3n) is 8.69. The first-order valence-corrected chi connectivity index (χ1v) is 20.2. The molecule has 348 valence electrons. The number of aldehydes is 1. The molecule has 0 saturated heterocycles. The van der Waals surface area contributed by atoms with Crippen LogP contribution in [-0.4, -0.2) is 112 Å². The summed E-state index contributed by atoms with van der Waals surface area (Å²) in [4.78, 5) is 72.5. The largest absolute Gasteiger partial charge is 0.494 e. The number of rotatable bonds is 24. The van der Waals surface area contributed by atoms with Crippen molar-refractivity contribution >= 4 is 71.7 Å². The lowest BCUT2D eigenvalue weighted by molar-refractivity contribution is -0.114. The Morgan fingerprint density at radius 3 is 2.28 bits per heavy atom. The van der Waals surface area contributed by atoms with Gasteiger partial charge in [0.15, 0.2) is 0 Å². The number of aromatic nitrogens is 2. The minimum absolute atomic E-state index is 0.0149. The lowest BCUT2D eigenvalue weighted by Gasteiger charge is -2.28. The molecule has 0 atom stereocenters. The van der Waals surface area contributed by atoms with Crippen molar-refractivity contribution in [2.75, 3.05) is 63.4 Å². The van der Waals surface area contributed by atoms with Crippen LogP contribution in [0.5, 0.6) is 11.5 Å². The van der Waals surface area contributed by atoms with E-state index in [1.165, 1.54) is 61.8 Å².